The molecule has 1 unspecified atom stereocenters. The topological polar surface area (TPSA) is 37.8 Å². The van der Waals surface area contributed by atoms with Crippen molar-refractivity contribution >= 4 is 0 Å². The van der Waals surface area contributed by atoms with E-state index in [2.05, 4.69) is 15.3 Å². The molecule has 0 amide bonds. The van der Waals surface area contributed by atoms with Crippen molar-refractivity contribution in [3.05, 3.63) is 23.8 Å². The lowest BCUT2D eigenvalue weighted by molar-refractivity contribution is 0.235. The minimum atomic E-state index is 0.400. The molecule has 0 spiro atoms. The first-order valence-corrected chi connectivity index (χ1v) is 5.27. The molecule has 1 N–H and O–H groups in total. The number of nitrogens with zero attached hydrogens (tertiary/aromatic N) is 2. The van der Waals surface area contributed by atoms with Crippen molar-refractivity contribution in [2.24, 2.45) is 5.92 Å². The van der Waals surface area contributed by atoms with Gasteiger partial charge in [-0.25, -0.2) is 0 Å². The molecule has 2 rings (SSSR count). The molecule has 14 heavy (non-hydrogen) atoms. The molecule has 1 fully saturated rings. The van der Waals surface area contributed by atoms with Gasteiger partial charge in [0.1, 0.15) is 0 Å². The van der Waals surface area contributed by atoms with Crippen LogP contribution in [-0.2, 0) is 0 Å². The molecule has 1 saturated carbocycles. The van der Waals surface area contributed by atoms with E-state index in [0.717, 1.165) is 17.3 Å². The molecular formula is C11H17N3. The van der Waals surface area contributed by atoms with Crippen LogP contribution in [0.15, 0.2) is 12.4 Å². The average Bonchev–Trinajstić information content (AvgIpc) is 2.13. The molecule has 0 radical (unpaired) electrons. The highest BCUT2D eigenvalue weighted by Gasteiger charge is 2.28. The largest absolute Gasteiger partial charge is 0.311 e. The van der Waals surface area contributed by atoms with Crippen LogP contribution in [0, 0.1) is 12.8 Å². The number of hydrogen-bond donors (Lipinski definition) is 1. The van der Waals surface area contributed by atoms with Crippen LogP contribution < -0.4 is 5.32 Å². The number of aryl methyl sites for hydroxylation is 1. The van der Waals surface area contributed by atoms with Gasteiger partial charge in [-0.15, -0.1) is 0 Å². The molecule has 1 heterocycles. The predicted octanol–water partition coefficient (Wildman–Crippen LogP) is 1.85. The highest BCUT2D eigenvalue weighted by atomic mass is 14.9. The Morgan fingerprint density at radius 2 is 2.14 bits per heavy atom. The second kappa shape index (κ2) is 4.05. The third-order valence-corrected chi connectivity index (χ3v) is 3.05. The van der Waals surface area contributed by atoms with Gasteiger partial charge in [0.25, 0.3) is 0 Å². The zero-order chi connectivity index (χ0) is 9.97. The molecule has 3 nitrogen and oxygen atoms in total. The molecule has 0 bridgehead atoms. The van der Waals surface area contributed by atoms with E-state index < -0.39 is 0 Å². The van der Waals surface area contributed by atoms with Gasteiger partial charge in [0.2, 0.25) is 0 Å². The molecule has 0 aromatic carbocycles. The number of aromatic nitrogens is 2. The SMILES string of the molecule is CNC(c1cnc(C)cn1)C1CCC1. The quantitative estimate of drug-likeness (QED) is 0.792. The van der Waals surface area contributed by atoms with Crippen LogP contribution in [0.3, 0.4) is 0 Å². The van der Waals surface area contributed by atoms with Crippen LogP contribution in [0.25, 0.3) is 0 Å². The first-order chi connectivity index (χ1) is 6.81. The maximum Gasteiger partial charge on any atom is 0.0759 e. The Morgan fingerprint density at radius 1 is 1.36 bits per heavy atom. The van der Waals surface area contributed by atoms with E-state index in [1.165, 1.54) is 19.3 Å². The zero-order valence-electron chi connectivity index (χ0n) is 8.83. The van der Waals surface area contributed by atoms with Gasteiger partial charge in [0, 0.05) is 6.20 Å². The molecular weight excluding hydrogens is 174 g/mol. The Labute approximate surface area is 85.0 Å². The minimum Gasteiger partial charge on any atom is -0.311 e. The second-order valence-electron chi connectivity index (χ2n) is 4.04. The molecule has 3 heteroatoms. The van der Waals surface area contributed by atoms with Crippen molar-refractivity contribution in [2.75, 3.05) is 7.05 Å². The summed E-state index contributed by atoms with van der Waals surface area (Å²) in [7, 11) is 2.00. The fourth-order valence-corrected chi connectivity index (χ4v) is 1.96. The highest BCUT2D eigenvalue weighted by Crippen LogP contribution is 2.36. The van der Waals surface area contributed by atoms with Crippen molar-refractivity contribution < 1.29 is 0 Å². The van der Waals surface area contributed by atoms with Crippen molar-refractivity contribution in [3.63, 3.8) is 0 Å². The fourth-order valence-electron chi connectivity index (χ4n) is 1.96. The molecule has 1 atom stereocenters. The smallest absolute Gasteiger partial charge is 0.0759 e. The molecule has 1 aromatic rings. The minimum absolute atomic E-state index is 0.400. The summed E-state index contributed by atoms with van der Waals surface area (Å²) in [6.07, 6.45) is 7.75. The summed E-state index contributed by atoms with van der Waals surface area (Å²) in [6, 6.07) is 0.400. The van der Waals surface area contributed by atoms with E-state index in [1.54, 1.807) is 0 Å². The number of nitrogens with one attached hydrogen (secondary N) is 1. The van der Waals surface area contributed by atoms with Gasteiger partial charge < -0.3 is 5.32 Å². The third-order valence-electron chi connectivity index (χ3n) is 3.05. The predicted molar refractivity (Wildman–Crippen MR) is 55.9 cm³/mol. The first kappa shape index (κ1) is 9.59. The molecule has 76 valence electrons. The lowest BCUT2D eigenvalue weighted by Gasteiger charge is -2.32. The average molecular weight is 191 g/mol. The van der Waals surface area contributed by atoms with E-state index >= 15 is 0 Å². The van der Waals surface area contributed by atoms with E-state index in [9.17, 15) is 0 Å². The van der Waals surface area contributed by atoms with Crippen molar-refractivity contribution in [3.8, 4) is 0 Å². The van der Waals surface area contributed by atoms with Crippen molar-refractivity contribution in [2.45, 2.75) is 32.2 Å². The van der Waals surface area contributed by atoms with Gasteiger partial charge >= 0.3 is 0 Å². The van der Waals surface area contributed by atoms with Crippen LogP contribution >= 0.6 is 0 Å². The lowest BCUT2D eigenvalue weighted by Crippen LogP contribution is -2.30. The maximum atomic E-state index is 4.43. The Bertz CT molecular complexity index is 290. The second-order valence-corrected chi connectivity index (χ2v) is 4.04. The van der Waals surface area contributed by atoms with Gasteiger partial charge in [0.15, 0.2) is 0 Å². The summed E-state index contributed by atoms with van der Waals surface area (Å²) in [6.45, 7) is 1.97. The van der Waals surface area contributed by atoms with E-state index in [-0.39, 0.29) is 0 Å². The van der Waals surface area contributed by atoms with E-state index in [4.69, 9.17) is 0 Å². The van der Waals surface area contributed by atoms with Gasteiger partial charge in [-0.05, 0) is 32.7 Å². The van der Waals surface area contributed by atoms with Crippen LogP contribution in [0.5, 0.6) is 0 Å². The number of hydrogen-bond acceptors (Lipinski definition) is 3. The maximum absolute atomic E-state index is 4.43. The summed E-state index contributed by atoms with van der Waals surface area (Å²) in [4.78, 5) is 8.71. The lowest BCUT2D eigenvalue weighted by atomic mass is 9.78. The Kier molecular flexibility index (Phi) is 2.77. The van der Waals surface area contributed by atoms with E-state index in [0.29, 0.717) is 6.04 Å². The molecule has 1 aliphatic carbocycles. The fraction of sp³-hybridized carbons (Fsp3) is 0.636. The Hall–Kier alpha value is -0.960. The van der Waals surface area contributed by atoms with Gasteiger partial charge in [0.05, 0.1) is 23.6 Å². The standard InChI is InChI=1S/C11H17N3/c1-8-6-14-10(7-13-8)11(12-2)9-4-3-5-9/h6-7,9,11-12H,3-5H2,1-2H3. The van der Waals surface area contributed by atoms with E-state index in [1.807, 2.05) is 26.4 Å². The Balaban J connectivity index is 2.14. The van der Waals surface area contributed by atoms with Crippen molar-refractivity contribution in [1.82, 2.24) is 15.3 Å². The van der Waals surface area contributed by atoms with Crippen LogP contribution in [0.1, 0.15) is 36.7 Å². The van der Waals surface area contributed by atoms with Crippen LogP contribution in [0.4, 0.5) is 0 Å². The zero-order valence-corrected chi connectivity index (χ0v) is 8.83. The van der Waals surface area contributed by atoms with Crippen LogP contribution in [-0.4, -0.2) is 17.0 Å². The third kappa shape index (κ3) is 1.77. The van der Waals surface area contributed by atoms with Gasteiger partial charge in [-0.3, -0.25) is 9.97 Å². The summed E-state index contributed by atoms with van der Waals surface area (Å²) < 4.78 is 0. The van der Waals surface area contributed by atoms with Gasteiger partial charge in [-0.1, -0.05) is 6.42 Å². The highest BCUT2D eigenvalue weighted by molar-refractivity contribution is 5.08. The Morgan fingerprint density at radius 3 is 2.57 bits per heavy atom. The summed E-state index contributed by atoms with van der Waals surface area (Å²) in [5.74, 6) is 0.761. The van der Waals surface area contributed by atoms with Crippen LogP contribution in [0.2, 0.25) is 0 Å². The monoisotopic (exact) mass is 191 g/mol. The molecule has 1 aromatic heterocycles. The molecule has 1 aliphatic rings. The van der Waals surface area contributed by atoms with Gasteiger partial charge in [-0.2, -0.15) is 0 Å². The normalized spacial score (nSPS) is 19.0. The summed E-state index contributed by atoms with van der Waals surface area (Å²) in [5, 5.41) is 3.34. The van der Waals surface area contributed by atoms with Crippen molar-refractivity contribution in [1.29, 1.82) is 0 Å². The summed E-state index contributed by atoms with van der Waals surface area (Å²) in [5.41, 5.74) is 2.07. The first-order valence-electron chi connectivity index (χ1n) is 5.27. The molecule has 0 saturated heterocycles. The summed E-state index contributed by atoms with van der Waals surface area (Å²) >= 11 is 0. The molecule has 0 aliphatic heterocycles. The number of rotatable bonds is 3.